The van der Waals surface area contributed by atoms with Gasteiger partial charge in [-0.05, 0) is 24.6 Å². The fourth-order valence-electron chi connectivity index (χ4n) is 4.37. The molecule has 0 aliphatic carbocycles. The number of para-hydroxylation sites is 1. The zero-order chi connectivity index (χ0) is 24.6. The van der Waals surface area contributed by atoms with Crippen LogP contribution in [-0.2, 0) is 24.3 Å². The molecule has 182 valence electrons. The van der Waals surface area contributed by atoms with Gasteiger partial charge in [-0.25, -0.2) is 4.98 Å². The van der Waals surface area contributed by atoms with E-state index in [1.807, 2.05) is 31.2 Å². The Hall–Kier alpha value is -4.67. The van der Waals surface area contributed by atoms with E-state index in [-0.39, 0.29) is 31.3 Å². The number of hydrogen-bond donors (Lipinski definition) is 1. The standard InChI is InChI=1S/C25H22N6O5/c1-2-5-20-28-22(36-29-20)12-30-13-26-23-16-6-3-4-7-17(16)31(24(23)25(30)33)11-21(32)27-15-8-9-18-19(10-15)35-14-34-18/h3-4,6-10,13H,2,5,11-12,14H2,1H3,(H,27,32). The normalized spacial score (nSPS) is 12.5. The van der Waals surface area contributed by atoms with Crippen molar-refractivity contribution >= 4 is 33.5 Å². The van der Waals surface area contributed by atoms with Crippen LogP contribution < -0.4 is 20.3 Å². The van der Waals surface area contributed by atoms with Gasteiger partial charge in [0.05, 0.1) is 11.8 Å². The second kappa shape index (κ2) is 8.84. The summed E-state index contributed by atoms with van der Waals surface area (Å²) >= 11 is 0. The number of aromatic nitrogens is 5. The molecule has 3 aromatic heterocycles. The lowest BCUT2D eigenvalue weighted by molar-refractivity contribution is -0.116. The predicted molar refractivity (Wildman–Crippen MR) is 130 cm³/mol. The van der Waals surface area contributed by atoms with Crippen LogP contribution in [0.5, 0.6) is 11.5 Å². The molecule has 0 bridgehead atoms. The summed E-state index contributed by atoms with van der Waals surface area (Å²) in [6.45, 7) is 2.18. The van der Waals surface area contributed by atoms with Crippen LogP contribution >= 0.6 is 0 Å². The number of fused-ring (bicyclic) bond motifs is 4. The molecule has 1 aliphatic rings. The first-order valence-corrected chi connectivity index (χ1v) is 11.6. The minimum atomic E-state index is -0.303. The van der Waals surface area contributed by atoms with E-state index in [1.165, 1.54) is 10.9 Å². The highest BCUT2D eigenvalue weighted by atomic mass is 16.7. The molecule has 0 atom stereocenters. The third-order valence-corrected chi connectivity index (χ3v) is 5.98. The van der Waals surface area contributed by atoms with Gasteiger partial charge in [-0.1, -0.05) is 30.3 Å². The SMILES string of the molecule is CCCc1noc(Cn2cnc3c4ccccc4n(CC(=O)Nc4ccc5c(c4)OCO5)c3c2=O)n1. The molecule has 0 saturated heterocycles. The van der Waals surface area contributed by atoms with E-state index < -0.39 is 0 Å². The van der Waals surface area contributed by atoms with Gasteiger partial charge in [0, 0.05) is 23.6 Å². The van der Waals surface area contributed by atoms with E-state index in [9.17, 15) is 9.59 Å². The van der Waals surface area contributed by atoms with Crippen LogP contribution in [0.15, 0.2) is 58.1 Å². The molecule has 0 fully saturated rings. The van der Waals surface area contributed by atoms with Crippen molar-refractivity contribution in [1.82, 2.24) is 24.3 Å². The minimum absolute atomic E-state index is 0.0827. The Morgan fingerprint density at radius 3 is 2.89 bits per heavy atom. The zero-order valence-corrected chi connectivity index (χ0v) is 19.4. The molecule has 11 heteroatoms. The molecule has 4 heterocycles. The number of nitrogens with zero attached hydrogens (tertiary/aromatic N) is 5. The molecule has 11 nitrogen and oxygen atoms in total. The first-order chi connectivity index (χ1) is 17.6. The molecule has 5 aromatic rings. The number of amides is 1. The first kappa shape index (κ1) is 21.8. The van der Waals surface area contributed by atoms with Crippen molar-refractivity contribution in [3.63, 3.8) is 0 Å². The Kier molecular flexibility index (Phi) is 5.36. The molecular weight excluding hydrogens is 464 g/mol. The van der Waals surface area contributed by atoms with E-state index in [2.05, 4.69) is 20.4 Å². The highest BCUT2D eigenvalue weighted by molar-refractivity contribution is 6.06. The van der Waals surface area contributed by atoms with Crippen molar-refractivity contribution in [2.45, 2.75) is 32.9 Å². The average molecular weight is 486 g/mol. The van der Waals surface area contributed by atoms with Gasteiger partial charge >= 0.3 is 0 Å². The maximum Gasteiger partial charge on any atom is 0.278 e. The summed E-state index contributed by atoms with van der Waals surface area (Å²) in [4.78, 5) is 35.5. The van der Waals surface area contributed by atoms with Crippen LogP contribution in [0.1, 0.15) is 25.1 Å². The van der Waals surface area contributed by atoms with E-state index in [4.69, 9.17) is 14.0 Å². The highest BCUT2D eigenvalue weighted by Crippen LogP contribution is 2.34. The van der Waals surface area contributed by atoms with Gasteiger partial charge in [0.1, 0.15) is 24.1 Å². The largest absolute Gasteiger partial charge is 0.454 e. The Morgan fingerprint density at radius 1 is 1.14 bits per heavy atom. The summed E-state index contributed by atoms with van der Waals surface area (Å²) in [7, 11) is 0. The molecule has 36 heavy (non-hydrogen) atoms. The van der Waals surface area contributed by atoms with Gasteiger partial charge in [-0.3, -0.25) is 14.2 Å². The van der Waals surface area contributed by atoms with E-state index >= 15 is 0 Å². The summed E-state index contributed by atoms with van der Waals surface area (Å²) in [5, 5.41) is 7.61. The van der Waals surface area contributed by atoms with Gasteiger partial charge in [0.2, 0.25) is 18.6 Å². The summed E-state index contributed by atoms with van der Waals surface area (Å²) in [5.41, 5.74) is 1.86. The monoisotopic (exact) mass is 486 g/mol. The van der Waals surface area contributed by atoms with Crippen molar-refractivity contribution in [2.24, 2.45) is 0 Å². The number of ether oxygens (including phenoxy) is 2. The molecule has 1 aliphatic heterocycles. The third-order valence-electron chi connectivity index (χ3n) is 5.98. The molecule has 0 unspecified atom stereocenters. The molecule has 1 N–H and O–H groups in total. The van der Waals surface area contributed by atoms with Crippen molar-refractivity contribution < 1.29 is 18.8 Å². The van der Waals surface area contributed by atoms with Crippen LogP contribution in [0, 0.1) is 0 Å². The van der Waals surface area contributed by atoms with E-state index in [0.29, 0.717) is 46.4 Å². The van der Waals surface area contributed by atoms with E-state index in [0.717, 1.165) is 17.3 Å². The van der Waals surface area contributed by atoms with Gasteiger partial charge in [0.15, 0.2) is 17.3 Å². The number of hydrogen-bond acceptors (Lipinski definition) is 8. The second-order valence-electron chi connectivity index (χ2n) is 8.45. The fraction of sp³-hybridized carbons (Fsp3) is 0.240. The molecule has 0 radical (unpaired) electrons. The van der Waals surface area contributed by atoms with E-state index in [1.54, 1.807) is 22.8 Å². The van der Waals surface area contributed by atoms with Crippen LogP contribution in [0.25, 0.3) is 21.9 Å². The second-order valence-corrected chi connectivity index (χ2v) is 8.45. The summed E-state index contributed by atoms with van der Waals surface area (Å²) < 4.78 is 19.1. The quantitative estimate of drug-likeness (QED) is 0.372. The highest BCUT2D eigenvalue weighted by Gasteiger charge is 2.20. The lowest BCUT2D eigenvalue weighted by atomic mass is 10.2. The van der Waals surface area contributed by atoms with Crippen LogP contribution in [-0.4, -0.2) is 37.0 Å². The molecule has 2 aromatic carbocycles. The van der Waals surface area contributed by atoms with Crippen molar-refractivity contribution in [3.8, 4) is 11.5 Å². The molecule has 0 saturated carbocycles. The predicted octanol–water partition coefficient (Wildman–Crippen LogP) is 3.10. The maximum atomic E-state index is 13.6. The number of carbonyl (C=O) groups is 1. The lowest BCUT2D eigenvalue weighted by Crippen LogP contribution is -2.25. The lowest BCUT2D eigenvalue weighted by Gasteiger charge is -2.10. The molecule has 6 rings (SSSR count). The average Bonchev–Trinajstić information content (AvgIpc) is 3.60. The van der Waals surface area contributed by atoms with Gasteiger partial charge < -0.3 is 23.9 Å². The molecule has 0 spiro atoms. The Morgan fingerprint density at radius 2 is 2.00 bits per heavy atom. The van der Waals surface area contributed by atoms with Crippen molar-refractivity contribution in [1.29, 1.82) is 0 Å². The Balaban J connectivity index is 1.35. The maximum absolute atomic E-state index is 13.6. The first-order valence-electron chi connectivity index (χ1n) is 11.6. The number of benzene rings is 2. The third kappa shape index (κ3) is 3.84. The van der Waals surface area contributed by atoms with Crippen LogP contribution in [0.2, 0.25) is 0 Å². The number of carbonyl (C=O) groups excluding carboxylic acids is 1. The minimum Gasteiger partial charge on any atom is -0.454 e. The summed E-state index contributed by atoms with van der Waals surface area (Å²) in [6.07, 6.45) is 3.06. The number of aryl methyl sites for hydroxylation is 1. The van der Waals surface area contributed by atoms with Crippen LogP contribution in [0.4, 0.5) is 5.69 Å². The van der Waals surface area contributed by atoms with Gasteiger partial charge in [-0.2, -0.15) is 4.98 Å². The zero-order valence-electron chi connectivity index (χ0n) is 19.4. The van der Waals surface area contributed by atoms with Crippen molar-refractivity contribution in [2.75, 3.05) is 12.1 Å². The molecular formula is C25H22N6O5. The summed E-state index contributed by atoms with van der Waals surface area (Å²) in [5.74, 6) is 1.83. The van der Waals surface area contributed by atoms with Crippen LogP contribution in [0.3, 0.4) is 0 Å². The fourth-order valence-corrected chi connectivity index (χ4v) is 4.37. The topological polar surface area (TPSA) is 126 Å². The smallest absolute Gasteiger partial charge is 0.278 e. The van der Waals surface area contributed by atoms with Crippen molar-refractivity contribution in [3.05, 3.63) is 70.9 Å². The number of anilines is 1. The Bertz CT molecular complexity index is 1670. The van der Waals surface area contributed by atoms with Gasteiger partial charge in [-0.15, -0.1) is 0 Å². The summed E-state index contributed by atoms with van der Waals surface area (Å²) in [6, 6.07) is 12.7. The number of rotatable bonds is 7. The number of nitrogens with one attached hydrogen (secondary N) is 1. The molecule has 1 amide bonds. The Labute approximate surface area is 204 Å². The van der Waals surface area contributed by atoms with Gasteiger partial charge in [0.25, 0.3) is 5.56 Å².